The molecule has 3 heteroatoms. The van der Waals surface area contributed by atoms with Crippen molar-refractivity contribution in [1.29, 1.82) is 0 Å². The van der Waals surface area contributed by atoms with Crippen molar-refractivity contribution in [2.75, 3.05) is 7.11 Å². The predicted octanol–water partition coefficient (Wildman–Crippen LogP) is 2.67. The molecule has 1 aliphatic carbocycles. The summed E-state index contributed by atoms with van der Waals surface area (Å²) in [6, 6.07) is 4.67. The number of hydrogen-bond acceptors (Lipinski definition) is 2. The van der Waals surface area contributed by atoms with Crippen LogP contribution in [0.4, 0.5) is 4.39 Å². The van der Waals surface area contributed by atoms with Gasteiger partial charge < -0.3 is 4.74 Å². The fourth-order valence-electron chi connectivity index (χ4n) is 2.15. The monoisotopic (exact) mass is 208 g/mol. The molecule has 2 rings (SSSR count). The Labute approximate surface area is 88.1 Å². The molecule has 0 N–H and O–H groups in total. The molecular formula is C12H13FO2. The second-order valence-electron chi connectivity index (χ2n) is 3.77. The Morgan fingerprint density at radius 3 is 2.87 bits per heavy atom. The first kappa shape index (κ1) is 10.1. The summed E-state index contributed by atoms with van der Waals surface area (Å²) in [5.41, 5.74) is 0.433. The van der Waals surface area contributed by atoms with Crippen molar-refractivity contribution in [3.63, 3.8) is 0 Å². The van der Waals surface area contributed by atoms with Crippen LogP contribution in [0.25, 0.3) is 0 Å². The molecule has 1 saturated carbocycles. The molecule has 0 heterocycles. The second kappa shape index (κ2) is 4.01. The molecule has 1 aliphatic rings. The first-order valence-electron chi connectivity index (χ1n) is 5.09. The van der Waals surface area contributed by atoms with Crippen molar-refractivity contribution >= 4 is 5.78 Å². The van der Waals surface area contributed by atoms with E-state index in [1.54, 1.807) is 12.1 Å². The molecule has 0 saturated heterocycles. The molecule has 2 nitrogen and oxygen atoms in total. The lowest BCUT2D eigenvalue weighted by Crippen LogP contribution is -2.08. The minimum absolute atomic E-state index is 0.124. The number of ether oxygens (including phenoxy) is 1. The van der Waals surface area contributed by atoms with Gasteiger partial charge in [-0.25, -0.2) is 4.39 Å². The van der Waals surface area contributed by atoms with Crippen molar-refractivity contribution in [1.82, 2.24) is 0 Å². The number of carbonyl (C=O) groups is 1. The quantitative estimate of drug-likeness (QED) is 0.746. The predicted molar refractivity (Wildman–Crippen MR) is 54.6 cm³/mol. The molecule has 0 bridgehead atoms. The fourth-order valence-corrected chi connectivity index (χ4v) is 2.15. The molecule has 1 unspecified atom stereocenters. The summed E-state index contributed by atoms with van der Waals surface area (Å²) < 4.78 is 18.7. The molecular weight excluding hydrogens is 195 g/mol. The minimum Gasteiger partial charge on any atom is -0.496 e. The Hall–Kier alpha value is -1.38. The van der Waals surface area contributed by atoms with Crippen molar-refractivity contribution in [2.45, 2.75) is 25.2 Å². The van der Waals surface area contributed by atoms with Crippen LogP contribution in [-0.4, -0.2) is 12.9 Å². The average molecular weight is 208 g/mol. The molecule has 0 amide bonds. The van der Waals surface area contributed by atoms with Crippen LogP contribution in [0.1, 0.15) is 30.7 Å². The van der Waals surface area contributed by atoms with Crippen molar-refractivity contribution in [2.24, 2.45) is 0 Å². The van der Waals surface area contributed by atoms with Gasteiger partial charge in [-0.3, -0.25) is 4.79 Å². The van der Waals surface area contributed by atoms with Gasteiger partial charge in [-0.05, 0) is 25.0 Å². The van der Waals surface area contributed by atoms with E-state index < -0.39 is 0 Å². The van der Waals surface area contributed by atoms with Crippen LogP contribution in [0.2, 0.25) is 0 Å². The van der Waals surface area contributed by atoms with Gasteiger partial charge in [0.15, 0.2) is 0 Å². The molecule has 0 spiro atoms. The summed E-state index contributed by atoms with van der Waals surface area (Å²) in [6.07, 6.45) is 2.14. The maximum Gasteiger partial charge on any atom is 0.140 e. The largest absolute Gasteiger partial charge is 0.496 e. The maximum atomic E-state index is 13.6. The zero-order chi connectivity index (χ0) is 10.8. The Balaban J connectivity index is 2.45. The zero-order valence-electron chi connectivity index (χ0n) is 8.63. The Morgan fingerprint density at radius 2 is 2.27 bits per heavy atom. The lowest BCUT2D eigenvalue weighted by Gasteiger charge is -2.13. The number of carbonyl (C=O) groups excluding carboxylic acids is 1. The van der Waals surface area contributed by atoms with E-state index in [2.05, 4.69) is 0 Å². The van der Waals surface area contributed by atoms with Crippen molar-refractivity contribution in [3.8, 4) is 5.75 Å². The molecule has 0 radical (unpaired) electrons. The van der Waals surface area contributed by atoms with E-state index in [1.807, 2.05) is 0 Å². The maximum absolute atomic E-state index is 13.6. The number of benzene rings is 1. The molecule has 1 aromatic carbocycles. The molecule has 15 heavy (non-hydrogen) atoms. The standard InChI is InChI=1S/C12H13FO2/c1-15-11-7-3-5-9(13)12(11)8-4-2-6-10(8)14/h3,5,7-8H,2,4,6H2,1H3. The lowest BCUT2D eigenvalue weighted by atomic mass is 9.95. The minimum atomic E-state index is -0.338. The number of rotatable bonds is 2. The number of Topliss-reactive ketones (excluding diaryl/α,β-unsaturated/α-hetero) is 1. The van der Waals surface area contributed by atoms with E-state index in [9.17, 15) is 9.18 Å². The molecule has 1 atom stereocenters. The van der Waals surface area contributed by atoms with Gasteiger partial charge in [-0.2, -0.15) is 0 Å². The van der Waals surface area contributed by atoms with E-state index in [0.29, 0.717) is 17.7 Å². The van der Waals surface area contributed by atoms with Crippen LogP contribution in [0.15, 0.2) is 18.2 Å². The topological polar surface area (TPSA) is 26.3 Å². The first-order chi connectivity index (χ1) is 7.24. The summed E-state index contributed by atoms with van der Waals surface area (Å²) in [4.78, 5) is 11.6. The zero-order valence-corrected chi connectivity index (χ0v) is 8.63. The van der Waals surface area contributed by atoms with E-state index in [1.165, 1.54) is 13.2 Å². The normalized spacial score (nSPS) is 20.7. The fraction of sp³-hybridized carbons (Fsp3) is 0.417. The van der Waals surface area contributed by atoms with Gasteiger partial charge in [0.25, 0.3) is 0 Å². The number of halogens is 1. The highest BCUT2D eigenvalue weighted by molar-refractivity contribution is 5.88. The van der Waals surface area contributed by atoms with Crippen molar-refractivity contribution < 1.29 is 13.9 Å². The van der Waals surface area contributed by atoms with E-state index >= 15 is 0 Å². The van der Waals surface area contributed by atoms with E-state index in [0.717, 1.165) is 12.8 Å². The molecule has 1 aromatic rings. The summed E-state index contributed by atoms with van der Waals surface area (Å²) in [5.74, 6) is -0.0376. The smallest absolute Gasteiger partial charge is 0.140 e. The third-order valence-corrected chi connectivity index (χ3v) is 2.89. The summed E-state index contributed by atoms with van der Waals surface area (Å²) >= 11 is 0. The van der Waals surface area contributed by atoms with Gasteiger partial charge in [-0.15, -0.1) is 0 Å². The highest BCUT2D eigenvalue weighted by atomic mass is 19.1. The number of methoxy groups -OCH3 is 1. The summed E-state index contributed by atoms with van der Waals surface area (Å²) in [6.45, 7) is 0. The van der Waals surface area contributed by atoms with Crippen LogP contribution in [0, 0.1) is 5.82 Å². The highest BCUT2D eigenvalue weighted by Crippen LogP contribution is 2.37. The van der Waals surface area contributed by atoms with Gasteiger partial charge in [0, 0.05) is 17.9 Å². The van der Waals surface area contributed by atoms with Crippen LogP contribution >= 0.6 is 0 Å². The number of hydrogen-bond donors (Lipinski definition) is 0. The SMILES string of the molecule is COc1cccc(F)c1C1CCCC1=O. The van der Waals surface area contributed by atoms with Crippen LogP contribution < -0.4 is 4.74 Å². The second-order valence-corrected chi connectivity index (χ2v) is 3.77. The van der Waals surface area contributed by atoms with Gasteiger partial charge in [0.05, 0.1) is 7.11 Å². The first-order valence-corrected chi connectivity index (χ1v) is 5.09. The van der Waals surface area contributed by atoms with Crippen LogP contribution in [0.5, 0.6) is 5.75 Å². The molecule has 0 aromatic heterocycles. The van der Waals surface area contributed by atoms with E-state index in [-0.39, 0.29) is 17.5 Å². The third-order valence-electron chi connectivity index (χ3n) is 2.89. The van der Waals surface area contributed by atoms with Gasteiger partial charge in [0.1, 0.15) is 17.3 Å². The third kappa shape index (κ3) is 1.74. The molecule has 0 aliphatic heterocycles. The highest BCUT2D eigenvalue weighted by Gasteiger charge is 2.30. The Bertz CT molecular complexity index is 387. The molecule has 1 fully saturated rings. The van der Waals surface area contributed by atoms with Gasteiger partial charge in [-0.1, -0.05) is 6.07 Å². The Kier molecular flexibility index (Phi) is 2.71. The van der Waals surface area contributed by atoms with Crippen LogP contribution in [-0.2, 0) is 4.79 Å². The average Bonchev–Trinajstić information content (AvgIpc) is 2.64. The van der Waals surface area contributed by atoms with Gasteiger partial charge >= 0.3 is 0 Å². The summed E-state index contributed by atoms with van der Waals surface area (Å²) in [7, 11) is 1.50. The van der Waals surface area contributed by atoms with Crippen LogP contribution in [0.3, 0.4) is 0 Å². The lowest BCUT2D eigenvalue weighted by molar-refractivity contribution is -0.118. The Morgan fingerprint density at radius 1 is 1.47 bits per heavy atom. The van der Waals surface area contributed by atoms with E-state index in [4.69, 9.17) is 4.74 Å². The van der Waals surface area contributed by atoms with Gasteiger partial charge in [0.2, 0.25) is 0 Å². The number of ketones is 1. The summed E-state index contributed by atoms with van der Waals surface area (Å²) in [5, 5.41) is 0. The molecule has 80 valence electrons. The van der Waals surface area contributed by atoms with Crippen molar-refractivity contribution in [3.05, 3.63) is 29.6 Å².